The Morgan fingerprint density at radius 1 is 1.42 bits per heavy atom. The predicted molar refractivity (Wildman–Crippen MR) is 73.6 cm³/mol. The molecule has 0 amide bonds. The Kier molecular flexibility index (Phi) is 4.01. The lowest BCUT2D eigenvalue weighted by molar-refractivity contribution is 0.0697. The molecule has 0 aliphatic rings. The van der Waals surface area contributed by atoms with E-state index in [4.69, 9.17) is 16.7 Å². The molecule has 0 unspecified atom stereocenters. The molecule has 0 fully saturated rings. The molecule has 0 aliphatic heterocycles. The van der Waals surface area contributed by atoms with Crippen molar-refractivity contribution in [3.05, 3.63) is 51.3 Å². The number of hydrogen-bond donors (Lipinski definition) is 2. The van der Waals surface area contributed by atoms with Crippen LogP contribution in [0.1, 0.15) is 10.4 Å². The molecule has 4 nitrogen and oxygen atoms in total. The van der Waals surface area contributed by atoms with Crippen LogP contribution in [-0.4, -0.2) is 16.1 Å². The molecule has 0 saturated heterocycles. The minimum absolute atomic E-state index is 0.0466. The number of carboxylic acid groups (broad SMARTS) is 1. The SMILES string of the molecule is O=C(O)c1cc(Br)cnc1Nc1cc(F)ccc1Cl. The van der Waals surface area contributed by atoms with Gasteiger partial charge in [0.05, 0.1) is 10.7 Å². The first-order valence-electron chi connectivity index (χ1n) is 5.08. The molecule has 2 aromatic rings. The Bertz CT molecular complexity index is 652. The lowest BCUT2D eigenvalue weighted by atomic mass is 10.2. The van der Waals surface area contributed by atoms with Gasteiger partial charge in [-0.2, -0.15) is 0 Å². The van der Waals surface area contributed by atoms with Crippen LogP contribution in [0, 0.1) is 5.82 Å². The molecule has 0 bridgehead atoms. The van der Waals surface area contributed by atoms with E-state index >= 15 is 0 Å². The fraction of sp³-hybridized carbons (Fsp3) is 0. The van der Waals surface area contributed by atoms with Gasteiger partial charge in [-0.3, -0.25) is 0 Å². The fourth-order valence-corrected chi connectivity index (χ4v) is 1.92. The van der Waals surface area contributed by atoms with Gasteiger partial charge in [0, 0.05) is 10.7 Å². The molecule has 0 atom stereocenters. The van der Waals surface area contributed by atoms with Crippen molar-refractivity contribution in [2.75, 3.05) is 5.32 Å². The van der Waals surface area contributed by atoms with Crippen LogP contribution in [0.15, 0.2) is 34.9 Å². The van der Waals surface area contributed by atoms with Gasteiger partial charge in [0.25, 0.3) is 0 Å². The molecule has 0 radical (unpaired) electrons. The van der Waals surface area contributed by atoms with Gasteiger partial charge in [0.1, 0.15) is 17.2 Å². The molecular weight excluding hydrogens is 338 g/mol. The summed E-state index contributed by atoms with van der Waals surface area (Å²) in [6.07, 6.45) is 1.43. The first-order valence-corrected chi connectivity index (χ1v) is 6.25. The van der Waals surface area contributed by atoms with Crippen LogP contribution in [0.5, 0.6) is 0 Å². The summed E-state index contributed by atoms with van der Waals surface area (Å²) in [7, 11) is 0. The summed E-state index contributed by atoms with van der Waals surface area (Å²) in [4.78, 5) is 15.1. The second kappa shape index (κ2) is 5.54. The summed E-state index contributed by atoms with van der Waals surface area (Å²) in [5.41, 5.74) is 0.202. The average Bonchev–Trinajstić information content (AvgIpc) is 2.35. The van der Waals surface area contributed by atoms with Crippen LogP contribution in [0.2, 0.25) is 5.02 Å². The first kappa shape index (κ1) is 13.8. The van der Waals surface area contributed by atoms with E-state index < -0.39 is 11.8 Å². The molecule has 1 aromatic heterocycles. The Morgan fingerprint density at radius 2 is 2.16 bits per heavy atom. The maximum atomic E-state index is 13.1. The van der Waals surface area contributed by atoms with Crippen LogP contribution in [-0.2, 0) is 0 Å². The maximum Gasteiger partial charge on any atom is 0.339 e. The van der Waals surface area contributed by atoms with Crippen molar-refractivity contribution in [1.29, 1.82) is 0 Å². The Morgan fingerprint density at radius 3 is 2.84 bits per heavy atom. The number of pyridine rings is 1. The minimum atomic E-state index is -1.15. The van der Waals surface area contributed by atoms with E-state index in [0.29, 0.717) is 4.47 Å². The predicted octanol–water partition coefficient (Wildman–Crippen LogP) is 4.08. The standard InChI is InChI=1S/C12H7BrClFN2O2/c13-6-3-8(12(18)19)11(16-5-6)17-10-4-7(15)1-2-9(10)14/h1-5H,(H,16,17)(H,18,19). The second-order valence-corrected chi connectivity index (χ2v) is 4.93. The number of carbonyl (C=O) groups is 1. The highest BCUT2D eigenvalue weighted by Crippen LogP contribution is 2.27. The van der Waals surface area contributed by atoms with E-state index in [9.17, 15) is 9.18 Å². The molecule has 19 heavy (non-hydrogen) atoms. The van der Waals surface area contributed by atoms with Crippen molar-refractivity contribution in [3.8, 4) is 0 Å². The lowest BCUT2D eigenvalue weighted by Gasteiger charge is -2.10. The van der Waals surface area contributed by atoms with E-state index in [0.717, 1.165) is 6.07 Å². The number of halogens is 3. The number of nitrogens with one attached hydrogen (secondary N) is 1. The maximum absolute atomic E-state index is 13.1. The third-order valence-electron chi connectivity index (χ3n) is 2.27. The number of aromatic nitrogens is 1. The number of benzene rings is 1. The molecule has 0 saturated carbocycles. The van der Waals surface area contributed by atoms with Crippen molar-refractivity contribution < 1.29 is 14.3 Å². The van der Waals surface area contributed by atoms with Crippen molar-refractivity contribution in [2.45, 2.75) is 0 Å². The topological polar surface area (TPSA) is 62.2 Å². The van der Waals surface area contributed by atoms with Crippen molar-refractivity contribution >= 4 is 45.0 Å². The Labute approximate surface area is 121 Å². The Balaban J connectivity index is 2.43. The fourth-order valence-electron chi connectivity index (χ4n) is 1.42. The molecule has 0 aliphatic carbocycles. The van der Waals surface area contributed by atoms with Gasteiger partial charge in [-0.15, -0.1) is 0 Å². The number of nitrogens with zero attached hydrogens (tertiary/aromatic N) is 1. The summed E-state index contributed by atoms with van der Waals surface area (Å²) in [6.45, 7) is 0. The third-order valence-corrected chi connectivity index (χ3v) is 3.03. The largest absolute Gasteiger partial charge is 0.478 e. The van der Waals surface area contributed by atoms with Gasteiger partial charge in [0.15, 0.2) is 0 Å². The zero-order valence-corrected chi connectivity index (χ0v) is 11.7. The van der Waals surface area contributed by atoms with E-state index in [1.807, 2.05) is 0 Å². The second-order valence-electron chi connectivity index (χ2n) is 3.60. The summed E-state index contributed by atoms with van der Waals surface area (Å²) in [6, 6.07) is 5.14. The van der Waals surface area contributed by atoms with Gasteiger partial charge in [0.2, 0.25) is 0 Å². The quantitative estimate of drug-likeness (QED) is 0.880. The van der Waals surface area contributed by atoms with Crippen molar-refractivity contribution in [3.63, 3.8) is 0 Å². The van der Waals surface area contributed by atoms with Crippen LogP contribution in [0.25, 0.3) is 0 Å². The summed E-state index contributed by atoms with van der Waals surface area (Å²) in [5, 5.41) is 12.1. The van der Waals surface area contributed by atoms with Crippen LogP contribution in [0.3, 0.4) is 0 Å². The summed E-state index contributed by atoms with van der Waals surface area (Å²) < 4.78 is 13.7. The van der Waals surface area contributed by atoms with Gasteiger partial charge in [-0.1, -0.05) is 11.6 Å². The van der Waals surface area contributed by atoms with Gasteiger partial charge >= 0.3 is 5.97 Å². The highest BCUT2D eigenvalue weighted by atomic mass is 79.9. The molecule has 7 heteroatoms. The van der Waals surface area contributed by atoms with E-state index in [-0.39, 0.29) is 22.1 Å². The average molecular weight is 346 g/mol. The third kappa shape index (κ3) is 3.21. The van der Waals surface area contributed by atoms with E-state index in [1.54, 1.807) is 0 Å². The Hall–Kier alpha value is -1.66. The lowest BCUT2D eigenvalue weighted by Crippen LogP contribution is -2.05. The number of hydrogen-bond acceptors (Lipinski definition) is 3. The minimum Gasteiger partial charge on any atom is -0.478 e. The summed E-state index contributed by atoms with van der Waals surface area (Å²) in [5.74, 6) is -1.55. The van der Waals surface area contributed by atoms with Gasteiger partial charge in [-0.25, -0.2) is 14.2 Å². The smallest absolute Gasteiger partial charge is 0.339 e. The van der Waals surface area contributed by atoms with Gasteiger partial charge < -0.3 is 10.4 Å². The molecule has 98 valence electrons. The highest BCUT2D eigenvalue weighted by Gasteiger charge is 2.13. The molecule has 2 N–H and O–H groups in total. The van der Waals surface area contributed by atoms with Crippen molar-refractivity contribution in [1.82, 2.24) is 4.98 Å². The first-order chi connectivity index (χ1) is 8.97. The van der Waals surface area contributed by atoms with E-state index in [2.05, 4.69) is 26.2 Å². The zero-order chi connectivity index (χ0) is 14.0. The number of rotatable bonds is 3. The van der Waals surface area contributed by atoms with Crippen LogP contribution in [0.4, 0.5) is 15.9 Å². The van der Waals surface area contributed by atoms with Crippen molar-refractivity contribution in [2.24, 2.45) is 0 Å². The monoisotopic (exact) mass is 344 g/mol. The molecule has 1 heterocycles. The molecule has 2 rings (SSSR count). The van der Waals surface area contributed by atoms with Crippen LogP contribution >= 0.6 is 27.5 Å². The number of aromatic carboxylic acids is 1. The molecule has 0 spiro atoms. The summed E-state index contributed by atoms with van der Waals surface area (Å²) >= 11 is 9.03. The molecule has 1 aromatic carbocycles. The zero-order valence-electron chi connectivity index (χ0n) is 9.32. The van der Waals surface area contributed by atoms with Gasteiger partial charge in [-0.05, 0) is 40.2 Å². The highest BCUT2D eigenvalue weighted by molar-refractivity contribution is 9.10. The van der Waals surface area contributed by atoms with E-state index in [1.165, 1.54) is 24.4 Å². The molecular formula is C12H7BrClFN2O2. The normalized spacial score (nSPS) is 10.3. The number of anilines is 2. The van der Waals surface area contributed by atoms with Crippen LogP contribution < -0.4 is 5.32 Å². The number of carboxylic acids is 1.